The van der Waals surface area contributed by atoms with Crippen molar-refractivity contribution in [1.82, 2.24) is 19.3 Å². The minimum atomic E-state index is -0.836. The van der Waals surface area contributed by atoms with Gasteiger partial charge in [0.15, 0.2) is 0 Å². The second-order valence-corrected chi connectivity index (χ2v) is 9.11. The molecule has 0 fully saturated rings. The van der Waals surface area contributed by atoms with Crippen molar-refractivity contribution in [2.45, 2.75) is 40.2 Å². The van der Waals surface area contributed by atoms with Crippen LogP contribution in [0, 0.1) is 13.8 Å². The number of nitrogens with zero attached hydrogens (tertiary/aromatic N) is 4. The summed E-state index contributed by atoms with van der Waals surface area (Å²) in [4.78, 5) is 44.3. The number of aryl methyl sites for hydroxylation is 3. The Balaban J connectivity index is 1.73. The van der Waals surface area contributed by atoms with Gasteiger partial charge in [0.1, 0.15) is 22.3 Å². The summed E-state index contributed by atoms with van der Waals surface area (Å²) in [5, 5.41) is 9.23. The van der Waals surface area contributed by atoms with E-state index in [9.17, 15) is 14.4 Å². The van der Waals surface area contributed by atoms with Crippen LogP contribution >= 0.6 is 11.3 Å². The summed E-state index contributed by atoms with van der Waals surface area (Å²) in [5.74, 6) is -0.825. The van der Waals surface area contributed by atoms with Crippen molar-refractivity contribution >= 4 is 39.2 Å². The van der Waals surface area contributed by atoms with Crippen molar-refractivity contribution in [2.75, 3.05) is 11.9 Å². The molecule has 1 atom stereocenters. The maximum absolute atomic E-state index is 13.6. The maximum atomic E-state index is 13.6. The molecule has 3 aromatic heterocycles. The first-order chi connectivity index (χ1) is 16.8. The van der Waals surface area contributed by atoms with Gasteiger partial charge in [0.2, 0.25) is 5.91 Å². The Bertz CT molecular complexity index is 1480. The largest absolute Gasteiger partial charge is 0.462 e. The van der Waals surface area contributed by atoms with Gasteiger partial charge < -0.3 is 10.1 Å². The van der Waals surface area contributed by atoms with Crippen LogP contribution < -0.4 is 10.9 Å². The molecule has 1 aromatic carbocycles. The standard InChI is InChI=1S/C25H27N5O4S/c1-6-19(22(31)28-21-17(11-27-29(21)5)25(33)34-7-2)30-13-26-23-20(24(30)32)18(12-35-23)16-9-8-14(3)15(4)10-16/h8-13,19H,6-7H2,1-5H3,(H,28,31). The van der Waals surface area contributed by atoms with Crippen molar-refractivity contribution in [2.24, 2.45) is 7.05 Å². The summed E-state index contributed by atoms with van der Waals surface area (Å²) in [6.45, 7) is 7.78. The second-order valence-electron chi connectivity index (χ2n) is 8.25. The number of thiophene rings is 1. The van der Waals surface area contributed by atoms with Crippen molar-refractivity contribution in [1.29, 1.82) is 0 Å². The van der Waals surface area contributed by atoms with E-state index in [0.717, 1.165) is 16.7 Å². The van der Waals surface area contributed by atoms with Crippen LogP contribution in [0.15, 0.2) is 40.9 Å². The van der Waals surface area contributed by atoms with Crippen LogP contribution in [0.5, 0.6) is 0 Å². The number of hydrogen-bond acceptors (Lipinski definition) is 7. The lowest BCUT2D eigenvalue weighted by molar-refractivity contribution is -0.119. The Hall–Kier alpha value is -3.79. The van der Waals surface area contributed by atoms with Gasteiger partial charge in [-0.1, -0.05) is 25.1 Å². The number of ether oxygens (including phenoxy) is 1. The van der Waals surface area contributed by atoms with Gasteiger partial charge >= 0.3 is 5.97 Å². The zero-order chi connectivity index (χ0) is 25.3. The average molecular weight is 494 g/mol. The number of aromatic nitrogens is 4. The molecule has 10 heteroatoms. The van der Waals surface area contributed by atoms with Gasteiger partial charge in [-0.15, -0.1) is 11.3 Å². The van der Waals surface area contributed by atoms with Crippen LogP contribution in [0.4, 0.5) is 5.82 Å². The Kier molecular flexibility index (Phi) is 6.83. The third kappa shape index (κ3) is 4.49. The van der Waals surface area contributed by atoms with Gasteiger partial charge in [-0.3, -0.25) is 18.8 Å². The highest BCUT2D eigenvalue weighted by atomic mass is 32.1. The van der Waals surface area contributed by atoms with E-state index in [1.54, 1.807) is 14.0 Å². The molecule has 0 saturated heterocycles. The smallest absolute Gasteiger partial charge is 0.343 e. The molecule has 9 nitrogen and oxygen atoms in total. The molecule has 0 spiro atoms. The molecule has 4 rings (SSSR count). The molecule has 0 radical (unpaired) electrons. The number of anilines is 1. The lowest BCUT2D eigenvalue weighted by atomic mass is 10.0. The molecule has 3 heterocycles. The first-order valence-electron chi connectivity index (χ1n) is 11.3. The van der Waals surface area contributed by atoms with E-state index in [0.29, 0.717) is 16.6 Å². The molecular formula is C25H27N5O4S. The van der Waals surface area contributed by atoms with Gasteiger partial charge in [0.25, 0.3) is 5.56 Å². The Morgan fingerprint density at radius 3 is 2.66 bits per heavy atom. The molecule has 35 heavy (non-hydrogen) atoms. The molecule has 0 saturated carbocycles. The fourth-order valence-corrected chi connectivity index (χ4v) is 4.85. The molecule has 1 amide bonds. The summed E-state index contributed by atoms with van der Waals surface area (Å²) < 4.78 is 7.80. The zero-order valence-electron chi connectivity index (χ0n) is 20.3. The number of rotatable bonds is 7. The SMILES string of the molecule is CCOC(=O)c1cnn(C)c1NC(=O)C(CC)n1cnc2scc(-c3ccc(C)c(C)c3)c2c1=O. The third-order valence-electron chi connectivity index (χ3n) is 6.04. The number of nitrogens with one attached hydrogen (secondary N) is 1. The predicted molar refractivity (Wildman–Crippen MR) is 136 cm³/mol. The quantitative estimate of drug-likeness (QED) is 0.386. The molecule has 1 N–H and O–H groups in total. The fraction of sp³-hybridized carbons (Fsp3) is 0.320. The summed E-state index contributed by atoms with van der Waals surface area (Å²) in [5.41, 5.74) is 3.89. The van der Waals surface area contributed by atoms with Crippen molar-refractivity contribution in [3.05, 3.63) is 63.1 Å². The number of esters is 1. The second kappa shape index (κ2) is 9.83. The number of amides is 1. The summed E-state index contributed by atoms with van der Waals surface area (Å²) in [7, 11) is 1.61. The van der Waals surface area contributed by atoms with Crippen LogP contribution in [0.2, 0.25) is 0 Å². The lowest BCUT2D eigenvalue weighted by Gasteiger charge is -2.18. The van der Waals surface area contributed by atoms with Crippen LogP contribution in [0.1, 0.15) is 47.8 Å². The minimum Gasteiger partial charge on any atom is -0.462 e. The number of carbonyl (C=O) groups excluding carboxylic acids is 2. The number of hydrogen-bond donors (Lipinski definition) is 1. The highest BCUT2D eigenvalue weighted by Crippen LogP contribution is 2.32. The number of carbonyl (C=O) groups is 2. The first kappa shape index (κ1) is 24.3. The van der Waals surface area contributed by atoms with Crippen LogP contribution in [0.3, 0.4) is 0 Å². The highest BCUT2D eigenvalue weighted by molar-refractivity contribution is 7.17. The predicted octanol–water partition coefficient (Wildman–Crippen LogP) is 4.24. The summed E-state index contributed by atoms with van der Waals surface area (Å²) in [6.07, 6.45) is 3.10. The van der Waals surface area contributed by atoms with E-state index in [4.69, 9.17) is 4.74 Å². The van der Waals surface area contributed by atoms with Crippen molar-refractivity contribution in [3.8, 4) is 11.1 Å². The summed E-state index contributed by atoms with van der Waals surface area (Å²) >= 11 is 1.40. The Morgan fingerprint density at radius 2 is 1.97 bits per heavy atom. The molecule has 4 aromatic rings. The van der Waals surface area contributed by atoms with Gasteiger partial charge in [0, 0.05) is 18.0 Å². The fourth-order valence-electron chi connectivity index (χ4n) is 3.94. The van der Waals surface area contributed by atoms with E-state index in [1.165, 1.54) is 38.7 Å². The van der Waals surface area contributed by atoms with E-state index in [1.807, 2.05) is 38.3 Å². The zero-order valence-corrected chi connectivity index (χ0v) is 21.1. The molecule has 0 aliphatic rings. The minimum absolute atomic E-state index is 0.147. The number of fused-ring (bicyclic) bond motifs is 1. The Labute approximate surface area is 206 Å². The highest BCUT2D eigenvalue weighted by Gasteiger charge is 2.26. The van der Waals surface area contributed by atoms with Crippen LogP contribution in [-0.2, 0) is 16.6 Å². The van der Waals surface area contributed by atoms with Gasteiger partial charge in [0.05, 0.1) is 24.5 Å². The topological polar surface area (TPSA) is 108 Å². The number of benzene rings is 1. The molecule has 0 aliphatic carbocycles. The summed E-state index contributed by atoms with van der Waals surface area (Å²) in [6, 6.07) is 5.23. The van der Waals surface area contributed by atoms with Crippen molar-refractivity contribution in [3.63, 3.8) is 0 Å². The molecule has 1 unspecified atom stereocenters. The van der Waals surface area contributed by atoms with Gasteiger partial charge in [-0.2, -0.15) is 5.10 Å². The normalized spacial score (nSPS) is 12.0. The lowest BCUT2D eigenvalue weighted by Crippen LogP contribution is -2.34. The van der Waals surface area contributed by atoms with Gasteiger partial charge in [-0.25, -0.2) is 9.78 Å². The third-order valence-corrected chi connectivity index (χ3v) is 6.92. The van der Waals surface area contributed by atoms with Crippen LogP contribution in [-0.4, -0.2) is 37.8 Å². The average Bonchev–Trinajstić information content (AvgIpc) is 3.42. The van der Waals surface area contributed by atoms with Crippen LogP contribution in [0.25, 0.3) is 21.3 Å². The molecule has 0 bridgehead atoms. The van der Waals surface area contributed by atoms with Gasteiger partial charge in [-0.05, 0) is 43.9 Å². The van der Waals surface area contributed by atoms with E-state index in [2.05, 4.69) is 21.5 Å². The van der Waals surface area contributed by atoms with E-state index >= 15 is 0 Å². The molecular weight excluding hydrogens is 466 g/mol. The maximum Gasteiger partial charge on any atom is 0.343 e. The monoisotopic (exact) mass is 493 g/mol. The van der Waals surface area contributed by atoms with E-state index in [-0.39, 0.29) is 23.5 Å². The Morgan fingerprint density at radius 1 is 1.20 bits per heavy atom. The van der Waals surface area contributed by atoms with E-state index < -0.39 is 17.9 Å². The van der Waals surface area contributed by atoms with Crippen molar-refractivity contribution < 1.29 is 14.3 Å². The molecule has 0 aliphatic heterocycles. The molecule has 182 valence electrons. The first-order valence-corrected chi connectivity index (χ1v) is 12.2.